The van der Waals surface area contributed by atoms with Crippen molar-refractivity contribution in [3.63, 3.8) is 0 Å². The molecule has 0 aliphatic carbocycles. The molecule has 1 unspecified atom stereocenters. The first-order chi connectivity index (χ1) is 14.4. The molecule has 3 aromatic rings. The highest BCUT2D eigenvalue weighted by Crippen LogP contribution is 2.37. The van der Waals surface area contributed by atoms with Crippen molar-refractivity contribution in [1.29, 1.82) is 0 Å². The van der Waals surface area contributed by atoms with Crippen molar-refractivity contribution in [3.05, 3.63) is 65.4 Å². The monoisotopic (exact) mass is 448 g/mol. The lowest BCUT2D eigenvalue weighted by Gasteiger charge is -2.28. The Kier molecular flexibility index (Phi) is 6.05. The van der Waals surface area contributed by atoms with Gasteiger partial charge in [-0.25, -0.2) is 0 Å². The fourth-order valence-electron chi connectivity index (χ4n) is 3.13. The molecule has 0 saturated carbocycles. The first-order valence-corrected chi connectivity index (χ1v) is 10.9. The van der Waals surface area contributed by atoms with Gasteiger partial charge in [-0.3, -0.25) is 4.21 Å². The molecule has 1 saturated heterocycles. The Bertz CT molecular complexity index is 1030. The van der Waals surface area contributed by atoms with Gasteiger partial charge in [0, 0.05) is 23.3 Å². The van der Waals surface area contributed by atoms with Gasteiger partial charge in [0.05, 0.1) is 23.2 Å². The zero-order chi connectivity index (χ0) is 21.1. The van der Waals surface area contributed by atoms with E-state index in [2.05, 4.69) is 10.2 Å². The molecule has 3 atom stereocenters. The quantitative estimate of drug-likeness (QED) is 0.554. The second-order valence-electron chi connectivity index (χ2n) is 6.90. The highest BCUT2D eigenvalue weighted by atomic mass is 35.5. The molecule has 2 heterocycles. The maximum absolute atomic E-state index is 13.0. The average molecular weight is 449 g/mol. The number of aryl methyl sites for hydroxylation is 1. The lowest BCUT2D eigenvalue weighted by molar-refractivity contribution is -0.160. The number of aromatic nitrogens is 3. The third-order valence-corrected chi connectivity index (χ3v) is 6.33. The van der Waals surface area contributed by atoms with Crippen LogP contribution in [0.2, 0.25) is 5.02 Å². The third kappa shape index (κ3) is 4.49. The van der Waals surface area contributed by atoms with Gasteiger partial charge >= 0.3 is 0 Å². The van der Waals surface area contributed by atoms with Crippen molar-refractivity contribution in [2.45, 2.75) is 17.0 Å². The second kappa shape index (κ2) is 8.73. The number of ether oxygens (including phenoxy) is 3. The Morgan fingerprint density at radius 3 is 2.67 bits per heavy atom. The van der Waals surface area contributed by atoms with Gasteiger partial charge in [0.1, 0.15) is 24.8 Å². The molecular weight excluding hydrogens is 428 g/mol. The maximum Gasteiger partial charge on any atom is 0.221 e. The summed E-state index contributed by atoms with van der Waals surface area (Å²) in [6.07, 6.45) is 1.15. The van der Waals surface area contributed by atoms with Crippen molar-refractivity contribution in [2.24, 2.45) is 7.05 Å². The van der Waals surface area contributed by atoms with E-state index in [9.17, 15) is 4.21 Å². The first kappa shape index (κ1) is 20.8. The average Bonchev–Trinajstić information content (AvgIpc) is 3.35. The molecule has 0 amide bonds. The summed E-state index contributed by atoms with van der Waals surface area (Å²) in [4.78, 5) is 0. The first-order valence-electron chi connectivity index (χ1n) is 9.24. The molecule has 1 fully saturated rings. The Morgan fingerprint density at radius 1 is 1.27 bits per heavy atom. The summed E-state index contributed by atoms with van der Waals surface area (Å²) in [6, 6.07) is 14.2. The van der Waals surface area contributed by atoms with E-state index in [4.69, 9.17) is 31.5 Å². The highest BCUT2D eigenvalue weighted by molar-refractivity contribution is 7.84. The molecule has 10 heteroatoms. The van der Waals surface area contributed by atoms with Crippen LogP contribution in [0.5, 0.6) is 5.75 Å². The Hall–Kier alpha value is -2.46. The van der Waals surface area contributed by atoms with Crippen LogP contribution in [0.15, 0.2) is 60.0 Å². The van der Waals surface area contributed by atoms with Crippen molar-refractivity contribution in [3.8, 4) is 5.75 Å². The Morgan fingerprint density at radius 2 is 2.00 bits per heavy atom. The maximum atomic E-state index is 13.0. The number of rotatable bonds is 7. The van der Waals surface area contributed by atoms with Gasteiger partial charge in [-0.05, 0) is 36.4 Å². The molecule has 1 aliphatic heterocycles. The van der Waals surface area contributed by atoms with Gasteiger partial charge in [0.25, 0.3) is 0 Å². The summed E-state index contributed by atoms with van der Waals surface area (Å²) >= 11 is 6.04. The molecule has 4 rings (SSSR count). The second-order valence-corrected chi connectivity index (χ2v) is 8.69. The molecule has 8 nitrogen and oxygen atoms in total. The molecule has 1 aromatic heterocycles. The molecule has 30 heavy (non-hydrogen) atoms. The van der Waals surface area contributed by atoms with Gasteiger partial charge in [0.15, 0.2) is 0 Å². The van der Waals surface area contributed by atoms with Crippen LogP contribution in [0.3, 0.4) is 0 Å². The van der Waals surface area contributed by atoms with Gasteiger partial charge in [0.2, 0.25) is 10.9 Å². The topological polar surface area (TPSA) is 101 Å². The van der Waals surface area contributed by atoms with Crippen molar-refractivity contribution >= 4 is 28.1 Å². The van der Waals surface area contributed by atoms with Crippen LogP contribution in [0.25, 0.3) is 0 Å². The fourth-order valence-corrected chi connectivity index (χ4v) is 4.56. The summed E-state index contributed by atoms with van der Waals surface area (Å²) in [5.74, 6) is -0.477. The molecule has 0 spiro atoms. The lowest BCUT2D eigenvalue weighted by atomic mass is 10.1. The predicted molar refractivity (Wildman–Crippen MR) is 113 cm³/mol. The van der Waals surface area contributed by atoms with E-state index in [1.165, 1.54) is 6.33 Å². The van der Waals surface area contributed by atoms with E-state index in [0.717, 1.165) is 5.56 Å². The highest BCUT2D eigenvalue weighted by Gasteiger charge is 2.45. The van der Waals surface area contributed by atoms with Crippen molar-refractivity contribution in [2.75, 3.05) is 24.7 Å². The predicted octanol–water partition coefficient (Wildman–Crippen LogP) is 2.51. The zero-order valence-electron chi connectivity index (χ0n) is 16.2. The summed E-state index contributed by atoms with van der Waals surface area (Å²) < 4.78 is 32.8. The van der Waals surface area contributed by atoms with Crippen LogP contribution in [0.4, 0.5) is 5.69 Å². The summed E-state index contributed by atoms with van der Waals surface area (Å²) in [6.45, 7) is 0.559. The van der Waals surface area contributed by atoms with E-state index >= 15 is 0 Å². The smallest absolute Gasteiger partial charge is 0.221 e. The van der Waals surface area contributed by atoms with E-state index in [-0.39, 0.29) is 25.1 Å². The molecule has 0 radical (unpaired) electrons. The number of halogens is 1. The summed E-state index contributed by atoms with van der Waals surface area (Å²) in [5, 5.41) is 8.68. The normalized spacial score (nSPS) is 22.1. The minimum Gasteiger partial charge on any atom is -0.491 e. The molecule has 1 aliphatic rings. The molecule has 2 aromatic carbocycles. The van der Waals surface area contributed by atoms with Crippen LogP contribution < -0.4 is 10.5 Å². The van der Waals surface area contributed by atoms with Gasteiger partial charge in [-0.1, -0.05) is 23.7 Å². The molecule has 158 valence electrons. The van der Waals surface area contributed by atoms with Gasteiger partial charge in [-0.2, -0.15) is 0 Å². The van der Waals surface area contributed by atoms with Crippen molar-refractivity contribution < 1.29 is 18.4 Å². The van der Waals surface area contributed by atoms with E-state index in [1.807, 2.05) is 0 Å². The number of hydrogen-bond donors (Lipinski definition) is 1. The minimum absolute atomic E-state index is 0.0551. The van der Waals surface area contributed by atoms with E-state index in [0.29, 0.717) is 21.6 Å². The molecule has 0 bridgehead atoms. The largest absolute Gasteiger partial charge is 0.491 e. The molecule has 2 N–H and O–H groups in total. The van der Waals surface area contributed by atoms with Crippen LogP contribution in [-0.2, 0) is 33.1 Å². The van der Waals surface area contributed by atoms with Crippen molar-refractivity contribution in [1.82, 2.24) is 14.8 Å². The lowest BCUT2D eigenvalue weighted by Crippen LogP contribution is -2.36. The standard InChI is InChI=1S/C20H21ClN4O4S/c1-25-13-23-24-19(25)30(26)12-20(14-2-4-15(21)5-3-14)28-11-18(29-20)10-27-17-8-6-16(22)7-9-17/h2-9,13,18H,10-12,22H2,1H3/t18-,20+,30?/m0/s1. The number of benzene rings is 2. The van der Waals surface area contributed by atoms with Crippen LogP contribution in [-0.4, -0.2) is 44.0 Å². The SMILES string of the molecule is Cn1cnnc1S(=O)C[C@@]1(c2ccc(Cl)cc2)OC[C@H](COc2ccc(N)cc2)O1. The number of nitrogen functional groups attached to an aromatic ring is 1. The molecular formula is C20H21ClN4O4S. The number of anilines is 1. The number of hydrogen-bond acceptors (Lipinski definition) is 7. The number of nitrogens with two attached hydrogens (primary N) is 1. The fraction of sp³-hybridized carbons (Fsp3) is 0.300. The van der Waals surface area contributed by atoms with E-state index in [1.54, 1.807) is 60.1 Å². The third-order valence-electron chi connectivity index (χ3n) is 4.65. The van der Waals surface area contributed by atoms with E-state index < -0.39 is 16.6 Å². The van der Waals surface area contributed by atoms with Gasteiger partial charge in [-0.15, -0.1) is 10.2 Å². The van der Waals surface area contributed by atoms with Crippen LogP contribution in [0.1, 0.15) is 5.56 Å². The van der Waals surface area contributed by atoms with Crippen LogP contribution >= 0.6 is 11.6 Å². The van der Waals surface area contributed by atoms with Gasteiger partial charge < -0.3 is 24.5 Å². The minimum atomic E-state index is -1.50. The Labute approximate surface area is 181 Å². The zero-order valence-corrected chi connectivity index (χ0v) is 17.8. The van der Waals surface area contributed by atoms with Crippen LogP contribution in [0, 0.1) is 0 Å². The Balaban J connectivity index is 1.52. The summed E-state index contributed by atoms with van der Waals surface area (Å²) in [5.41, 5.74) is 7.09. The summed E-state index contributed by atoms with van der Waals surface area (Å²) in [7, 11) is 0.233. The number of nitrogens with zero attached hydrogens (tertiary/aromatic N) is 3.